The van der Waals surface area contributed by atoms with Crippen LogP contribution in [0.25, 0.3) is 4.85 Å². The van der Waals surface area contributed by atoms with Gasteiger partial charge < -0.3 is 61.6 Å². The van der Waals surface area contributed by atoms with E-state index in [2.05, 4.69) is 9.58 Å². The molecule has 22 nitrogen and oxygen atoms in total. The zero-order valence-electron chi connectivity index (χ0n) is 48.2. The van der Waals surface area contributed by atoms with Gasteiger partial charge in [0.2, 0.25) is 0 Å². The predicted octanol–water partition coefficient (Wildman–Crippen LogP) is 10.0. The normalized spacial score (nSPS) is 26.1. The van der Waals surface area contributed by atoms with Crippen LogP contribution in [-0.2, 0) is 87.4 Å². The molecule has 442 valence electrons. The van der Waals surface area contributed by atoms with Gasteiger partial charge in [0.25, 0.3) is 6.10 Å². The predicted molar refractivity (Wildman–Crippen MR) is 278 cm³/mol. The molecule has 11 atom stereocenters. The number of rotatable bonds is 20. The summed E-state index contributed by atoms with van der Waals surface area (Å²) >= 11 is 0. The molecule has 0 aromatic heterocycles. The molecule has 2 bridgehead atoms. The number of benzene rings is 1. The third-order valence-corrected chi connectivity index (χ3v) is 15.6. The van der Waals surface area contributed by atoms with E-state index < -0.39 is 70.8 Å². The van der Waals surface area contributed by atoms with Crippen molar-refractivity contribution in [3.05, 3.63) is 47.3 Å². The minimum absolute atomic E-state index is 0.0103. The summed E-state index contributed by atoms with van der Waals surface area (Å²) in [6, 6.07) is 9.61. The van der Waals surface area contributed by atoms with Gasteiger partial charge in [-0.1, -0.05) is 65.0 Å². The SMILES string of the molecule is CCC(C)(C)C(=O)OCC(OCc1ccccc1)C1COC(=O)O1.CCC(C)(C)C(=O)OCC1C2CC(OC(=O)O2)C1C.CCC(C)(C)C(=O)OCC1CCC2OC(=O)OC2C1.[C-]#[N+]C1OC(=O)OC1COC(=O)C(C)(C)CC. The van der Waals surface area contributed by atoms with Crippen LogP contribution in [0.5, 0.6) is 0 Å². The Hall–Kier alpha value is -6.37. The fourth-order valence-electron chi connectivity index (χ4n) is 8.14. The molecule has 11 unspecified atom stereocenters. The maximum Gasteiger partial charge on any atom is 0.515 e. The van der Waals surface area contributed by atoms with E-state index >= 15 is 0 Å². The summed E-state index contributed by atoms with van der Waals surface area (Å²) in [7, 11) is 0. The Balaban J connectivity index is 0.000000229. The first kappa shape index (κ1) is 65.2. The number of fused-ring (bicyclic) bond motifs is 3. The Bertz CT molecular complexity index is 2270. The number of carbonyl (C=O) groups excluding carboxylic acids is 8. The van der Waals surface area contributed by atoms with Gasteiger partial charge in [0.05, 0.1) is 41.5 Å². The molecular weight excluding hydrogens is 1030 g/mol. The van der Waals surface area contributed by atoms with Gasteiger partial charge in [0.15, 0.2) is 6.10 Å². The molecular formula is C57H83NO21. The van der Waals surface area contributed by atoms with Crippen LogP contribution in [0.2, 0.25) is 0 Å². The fraction of sp³-hybridized carbons (Fsp3) is 0.737. The van der Waals surface area contributed by atoms with Gasteiger partial charge in [-0.3, -0.25) is 24.0 Å². The van der Waals surface area contributed by atoms with Crippen LogP contribution in [0.1, 0.15) is 147 Å². The number of carbonyl (C=O) groups is 8. The molecule has 7 rings (SSSR count). The summed E-state index contributed by atoms with van der Waals surface area (Å²) < 4.78 is 66.6. The molecule has 22 heteroatoms. The Morgan fingerprint density at radius 1 is 0.582 bits per heavy atom. The van der Waals surface area contributed by atoms with E-state index in [4.69, 9.17) is 63.4 Å². The van der Waals surface area contributed by atoms with Crippen LogP contribution in [0.3, 0.4) is 0 Å². The number of hydrogen-bond donors (Lipinski definition) is 0. The fourth-order valence-corrected chi connectivity index (χ4v) is 8.14. The van der Waals surface area contributed by atoms with Gasteiger partial charge in [-0.2, -0.15) is 0 Å². The molecule has 2 saturated carbocycles. The summed E-state index contributed by atoms with van der Waals surface area (Å²) in [6.07, 6.45) is -0.473. The minimum atomic E-state index is -1.03. The molecule has 0 radical (unpaired) electrons. The van der Waals surface area contributed by atoms with Gasteiger partial charge >= 0.3 is 54.7 Å². The molecule has 2 aliphatic carbocycles. The molecule has 1 aromatic rings. The van der Waals surface area contributed by atoms with E-state index in [9.17, 15) is 38.4 Å². The third-order valence-electron chi connectivity index (χ3n) is 15.6. The summed E-state index contributed by atoms with van der Waals surface area (Å²) in [4.78, 5) is 94.9. The zero-order chi connectivity index (χ0) is 58.9. The van der Waals surface area contributed by atoms with Crippen molar-refractivity contribution in [3.63, 3.8) is 0 Å². The van der Waals surface area contributed by atoms with Crippen molar-refractivity contribution in [2.24, 2.45) is 39.4 Å². The molecule has 79 heavy (non-hydrogen) atoms. The lowest BCUT2D eigenvalue weighted by Gasteiger charge is -2.29. The van der Waals surface area contributed by atoms with Crippen LogP contribution in [0.4, 0.5) is 19.2 Å². The Morgan fingerprint density at radius 3 is 1.61 bits per heavy atom. The number of hydrogen-bond acceptors (Lipinski definition) is 21. The second-order valence-corrected chi connectivity index (χ2v) is 23.0. The highest BCUT2D eigenvalue weighted by Gasteiger charge is 2.50. The maximum absolute atomic E-state index is 12.1. The van der Waals surface area contributed by atoms with E-state index in [1.165, 1.54) is 0 Å². The average molecular weight is 1120 g/mol. The van der Waals surface area contributed by atoms with Crippen molar-refractivity contribution in [2.75, 3.05) is 33.0 Å². The smallest absolute Gasteiger partial charge is 0.465 e. The Morgan fingerprint density at radius 2 is 1.08 bits per heavy atom. The summed E-state index contributed by atoms with van der Waals surface area (Å²) in [5.74, 6) is -0.586. The molecule has 4 heterocycles. The van der Waals surface area contributed by atoms with Crippen molar-refractivity contribution in [1.82, 2.24) is 0 Å². The van der Waals surface area contributed by atoms with Crippen LogP contribution in [-0.4, -0.2) is 130 Å². The van der Waals surface area contributed by atoms with Crippen LogP contribution >= 0.6 is 0 Å². The standard InChI is InChI=1S/C18H24O6.2C14H22O5.C11H15NO5/c1-4-18(2,3)16(19)22-11-14(15-12-23-17(20)24-15)21-10-13-8-6-5-7-9-13;1-5-14(3,4)12(15)17-7-9-8(2)10-6-11(9)19-13(16)18-10;1-4-14(2,3)12(15)17-8-9-5-6-10-11(7-9)19-13(16)18-10;1-5-11(2,3)9(13)15-6-7-8(12-4)17-10(14)16-7/h5-9,14-15H,4,10-12H2,1-3H3;8-11H,5-7H2,1-4H3;9-11H,4-8H2,1-3H3;7-8H,5-6H2,1-3H3. The highest BCUT2D eigenvalue weighted by molar-refractivity contribution is 5.77. The highest BCUT2D eigenvalue weighted by Crippen LogP contribution is 2.40. The lowest BCUT2D eigenvalue weighted by atomic mass is 9.85. The zero-order valence-corrected chi connectivity index (χ0v) is 48.2. The maximum atomic E-state index is 12.1. The van der Waals surface area contributed by atoms with Crippen molar-refractivity contribution in [2.45, 2.75) is 197 Å². The van der Waals surface area contributed by atoms with E-state index in [0.717, 1.165) is 37.7 Å². The highest BCUT2D eigenvalue weighted by atomic mass is 16.8. The van der Waals surface area contributed by atoms with E-state index in [1.807, 2.05) is 106 Å². The number of ether oxygens (including phenoxy) is 13. The Labute approximate surface area is 463 Å². The van der Waals surface area contributed by atoms with Crippen molar-refractivity contribution in [1.29, 1.82) is 0 Å². The first-order valence-electron chi connectivity index (χ1n) is 27.3. The summed E-state index contributed by atoms with van der Waals surface area (Å²) in [6.45, 7) is 32.2. The molecule has 0 amide bonds. The monoisotopic (exact) mass is 1120 g/mol. The molecule has 0 N–H and O–H groups in total. The largest absolute Gasteiger partial charge is 0.515 e. The Kier molecular flexibility index (Phi) is 24.1. The first-order valence-corrected chi connectivity index (χ1v) is 27.3. The van der Waals surface area contributed by atoms with Crippen molar-refractivity contribution >= 4 is 48.5 Å². The quantitative estimate of drug-likeness (QED) is 0.0668. The lowest BCUT2D eigenvalue weighted by Crippen LogP contribution is -2.38. The van der Waals surface area contributed by atoms with E-state index in [-0.39, 0.29) is 85.9 Å². The lowest BCUT2D eigenvalue weighted by molar-refractivity contribution is -0.162. The topological polar surface area (TPSA) is 261 Å². The molecule has 6 fully saturated rings. The molecule has 0 spiro atoms. The second kappa shape index (κ2) is 29.2. The van der Waals surface area contributed by atoms with Crippen LogP contribution < -0.4 is 0 Å². The molecule has 6 aliphatic rings. The van der Waals surface area contributed by atoms with E-state index in [0.29, 0.717) is 39.1 Å². The minimum Gasteiger partial charge on any atom is -0.465 e. The summed E-state index contributed by atoms with van der Waals surface area (Å²) in [5.41, 5.74) is -1.07. The van der Waals surface area contributed by atoms with E-state index in [1.54, 1.807) is 13.8 Å². The van der Waals surface area contributed by atoms with Crippen molar-refractivity contribution in [3.8, 4) is 0 Å². The third kappa shape index (κ3) is 19.2. The van der Waals surface area contributed by atoms with Gasteiger partial charge in [0, 0.05) is 18.3 Å². The first-order chi connectivity index (χ1) is 37.1. The summed E-state index contributed by atoms with van der Waals surface area (Å²) in [5, 5.41) is 0. The molecule has 1 aromatic carbocycles. The molecule has 4 aliphatic heterocycles. The number of esters is 4. The van der Waals surface area contributed by atoms with Crippen LogP contribution in [0.15, 0.2) is 30.3 Å². The second-order valence-electron chi connectivity index (χ2n) is 23.0. The van der Waals surface area contributed by atoms with Crippen LogP contribution in [0, 0.1) is 46.0 Å². The average Bonchev–Trinajstić information content (AvgIpc) is 4.22. The van der Waals surface area contributed by atoms with Gasteiger partial charge in [-0.15, -0.1) is 0 Å². The van der Waals surface area contributed by atoms with Crippen molar-refractivity contribution < 1.29 is 99.9 Å². The van der Waals surface area contributed by atoms with Gasteiger partial charge in [-0.05, 0) is 112 Å². The van der Waals surface area contributed by atoms with Gasteiger partial charge in [0.1, 0.15) is 50.3 Å². The number of cyclic esters (lactones) is 4. The molecule has 4 saturated heterocycles. The van der Waals surface area contributed by atoms with Gasteiger partial charge in [-0.25, -0.2) is 25.8 Å². The number of nitrogens with zero attached hydrogens (tertiary/aromatic N) is 1.